The number of benzene rings is 2. The minimum absolute atomic E-state index is 0.136. The number of halogens is 1. The maximum Gasteiger partial charge on any atom is 0.171 e. The fourth-order valence-corrected chi connectivity index (χ4v) is 3.80. The molecule has 1 aliphatic rings. The van der Waals surface area contributed by atoms with Crippen LogP contribution in [0.25, 0.3) is 0 Å². The standard InChI is InChI=1S/C21H26ClN3S/c1-15-4-3-13-25(14-15)20-11-5-17(6-12-20)16(2)23-21(26)24-19-9-7-18(22)8-10-19/h5-12,15-16H,3-4,13-14H2,1-2H3,(H2,23,24,26)/t15-,16+/m1/s1. The van der Waals surface area contributed by atoms with Gasteiger partial charge in [-0.25, -0.2) is 0 Å². The molecule has 1 saturated heterocycles. The van der Waals surface area contributed by atoms with E-state index in [0.717, 1.165) is 24.7 Å². The van der Waals surface area contributed by atoms with Gasteiger partial charge in [-0.2, -0.15) is 0 Å². The Bertz CT molecular complexity index is 730. The van der Waals surface area contributed by atoms with Crippen LogP contribution in [0.3, 0.4) is 0 Å². The zero-order valence-electron chi connectivity index (χ0n) is 15.3. The van der Waals surface area contributed by atoms with Crippen molar-refractivity contribution in [3.05, 3.63) is 59.1 Å². The van der Waals surface area contributed by atoms with E-state index < -0.39 is 0 Å². The molecule has 2 aromatic carbocycles. The Morgan fingerprint density at radius 1 is 1.15 bits per heavy atom. The van der Waals surface area contributed by atoms with Crippen molar-refractivity contribution in [3.8, 4) is 0 Å². The van der Waals surface area contributed by atoms with E-state index in [1.54, 1.807) is 0 Å². The lowest BCUT2D eigenvalue weighted by Crippen LogP contribution is -2.34. The number of rotatable bonds is 4. The summed E-state index contributed by atoms with van der Waals surface area (Å²) < 4.78 is 0. The van der Waals surface area contributed by atoms with Crippen molar-refractivity contribution >= 4 is 40.3 Å². The van der Waals surface area contributed by atoms with E-state index >= 15 is 0 Å². The van der Waals surface area contributed by atoms with Crippen molar-refractivity contribution in [2.24, 2.45) is 5.92 Å². The van der Waals surface area contributed by atoms with Crippen LogP contribution in [0.2, 0.25) is 5.02 Å². The number of nitrogens with one attached hydrogen (secondary N) is 2. The maximum absolute atomic E-state index is 5.91. The number of anilines is 2. The number of thiocarbonyl (C=S) groups is 1. The van der Waals surface area contributed by atoms with Gasteiger partial charge in [0.15, 0.2) is 5.11 Å². The Morgan fingerprint density at radius 3 is 2.50 bits per heavy atom. The van der Waals surface area contributed by atoms with Crippen LogP contribution in [0.4, 0.5) is 11.4 Å². The van der Waals surface area contributed by atoms with Crippen molar-refractivity contribution < 1.29 is 0 Å². The SMILES string of the molecule is C[C@@H]1CCCN(c2ccc([C@H](C)NC(=S)Nc3ccc(Cl)cc3)cc2)C1. The van der Waals surface area contributed by atoms with Gasteiger partial charge >= 0.3 is 0 Å². The van der Waals surface area contributed by atoms with Crippen LogP contribution in [0.15, 0.2) is 48.5 Å². The molecule has 138 valence electrons. The molecule has 0 amide bonds. The van der Waals surface area contributed by atoms with Gasteiger partial charge in [0, 0.05) is 29.5 Å². The van der Waals surface area contributed by atoms with Crippen molar-refractivity contribution in [1.29, 1.82) is 0 Å². The lowest BCUT2D eigenvalue weighted by molar-refractivity contribution is 0.447. The second-order valence-corrected chi connectivity index (χ2v) is 7.96. The molecule has 3 rings (SSSR count). The molecule has 0 spiro atoms. The van der Waals surface area contributed by atoms with Crippen molar-refractivity contribution in [1.82, 2.24) is 5.32 Å². The van der Waals surface area contributed by atoms with Crippen LogP contribution in [0.1, 0.15) is 38.3 Å². The van der Waals surface area contributed by atoms with E-state index in [-0.39, 0.29) is 6.04 Å². The first-order valence-corrected chi connectivity index (χ1v) is 9.98. The number of piperidine rings is 1. The molecule has 1 fully saturated rings. The number of hydrogen-bond donors (Lipinski definition) is 2. The van der Waals surface area contributed by atoms with Crippen LogP contribution in [-0.2, 0) is 0 Å². The Balaban J connectivity index is 1.56. The summed E-state index contributed by atoms with van der Waals surface area (Å²) in [5, 5.41) is 7.85. The van der Waals surface area contributed by atoms with Gasteiger partial charge in [-0.15, -0.1) is 0 Å². The Hall–Kier alpha value is -1.78. The number of nitrogens with zero attached hydrogens (tertiary/aromatic N) is 1. The van der Waals surface area contributed by atoms with E-state index in [0.29, 0.717) is 10.1 Å². The van der Waals surface area contributed by atoms with E-state index in [9.17, 15) is 0 Å². The molecule has 5 heteroatoms. The highest BCUT2D eigenvalue weighted by molar-refractivity contribution is 7.80. The first-order chi connectivity index (χ1) is 12.5. The second-order valence-electron chi connectivity index (χ2n) is 7.11. The van der Waals surface area contributed by atoms with Gasteiger partial charge in [0.25, 0.3) is 0 Å². The maximum atomic E-state index is 5.91. The third-order valence-corrected chi connectivity index (χ3v) is 5.34. The average molecular weight is 388 g/mol. The summed E-state index contributed by atoms with van der Waals surface area (Å²) >= 11 is 11.3. The molecule has 0 radical (unpaired) electrons. The molecular weight excluding hydrogens is 362 g/mol. The minimum Gasteiger partial charge on any atom is -0.371 e. The van der Waals surface area contributed by atoms with Crippen molar-refractivity contribution in [2.75, 3.05) is 23.3 Å². The van der Waals surface area contributed by atoms with E-state index in [2.05, 4.69) is 53.6 Å². The Morgan fingerprint density at radius 2 is 1.85 bits per heavy atom. The third kappa shape index (κ3) is 5.12. The summed E-state index contributed by atoms with van der Waals surface area (Å²) in [7, 11) is 0. The molecule has 0 aliphatic carbocycles. The van der Waals surface area contributed by atoms with Gasteiger partial charge in [0.2, 0.25) is 0 Å². The van der Waals surface area contributed by atoms with Crippen LogP contribution in [0, 0.1) is 5.92 Å². The molecule has 0 saturated carbocycles. The highest BCUT2D eigenvalue weighted by Crippen LogP contribution is 2.24. The van der Waals surface area contributed by atoms with Gasteiger partial charge < -0.3 is 15.5 Å². The smallest absolute Gasteiger partial charge is 0.171 e. The normalized spacial score (nSPS) is 18.3. The lowest BCUT2D eigenvalue weighted by atomic mass is 9.99. The monoisotopic (exact) mass is 387 g/mol. The summed E-state index contributed by atoms with van der Waals surface area (Å²) in [6.45, 7) is 6.77. The summed E-state index contributed by atoms with van der Waals surface area (Å²) in [6.07, 6.45) is 2.62. The molecule has 2 N–H and O–H groups in total. The fraction of sp³-hybridized carbons (Fsp3) is 0.381. The van der Waals surface area contributed by atoms with Crippen LogP contribution in [-0.4, -0.2) is 18.2 Å². The molecule has 0 aromatic heterocycles. The molecule has 26 heavy (non-hydrogen) atoms. The van der Waals surface area contributed by atoms with E-state index in [1.807, 2.05) is 24.3 Å². The largest absolute Gasteiger partial charge is 0.371 e. The topological polar surface area (TPSA) is 27.3 Å². The molecule has 3 nitrogen and oxygen atoms in total. The predicted octanol–water partition coefficient (Wildman–Crippen LogP) is 5.62. The Labute approximate surface area is 166 Å². The van der Waals surface area contributed by atoms with Crippen molar-refractivity contribution in [3.63, 3.8) is 0 Å². The van der Waals surface area contributed by atoms with Gasteiger partial charge in [0.05, 0.1) is 6.04 Å². The van der Waals surface area contributed by atoms with Crippen LogP contribution in [0.5, 0.6) is 0 Å². The first kappa shape index (κ1) is 19.0. The highest BCUT2D eigenvalue weighted by atomic mass is 35.5. The number of hydrogen-bond acceptors (Lipinski definition) is 2. The summed E-state index contributed by atoms with van der Waals surface area (Å²) in [6, 6.07) is 16.5. The molecule has 0 bridgehead atoms. The molecule has 1 heterocycles. The lowest BCUT2D eigenvalue weighted by Gasteiger charge is -2.33. The van der Waals surface area contributed by atoms with Gasteiger partial charge in [0.1, 0.15) is 0 Å². The zero-order chi connectivity index (χ0) is 18.5. The van der Waals surface area contributed by atoms with Crippen LogP contribution >= 0.6 is 23.8 Å². The predicted molar refractivity (Wildman–Crippen MR) is 116 cm³/mol. The molecule has 0 unspecified atom stereocenters. The molecule has 2 atom stereocenters. The van der Waals surface area contributed by atoms with Gasteiger partial charge in [-0.3, -0.25) is 0 Å². The minimum atomic E-state index is 0.136. The molecule has 2 aromatic rings. The van der Waals surface area contributed by atoms with Gasteiger partial charge in [-0.05, 0) is 79.9 Å². The fourth-order valence-electron chi connectivity index (χ4n) is 3.38. The van der Waals surface area contributed by atoms with E-state index in [4.69, 9.17) is 23.8 Å². The summed E-state index contributed by atoms with van der Waals surface area (Å²) in [5.74, 6) is 0.778. The van der Waals surface area contributed by atoms with Crippen molar-refractivity contribution in [2.45, 2.75) is 32.7 Å². The van der Waals surface area contributed by atoms with E-state index in [1.165, 1.54) is 24.1 Å². The van der Waals surface area contributed by atoms with Crippen LogP contribution < -0.4 is 15.5 Å². The highest BCUT2D eigenvalue weighted by Gasteiger charge is 2.17. The Kier molecular flexibility index (Phi) is 6.38. The molecule has 1 aliphatic heterocycles. The average Bonchev–Trinajstić information content (AvgIpc) is 2.64. The molecular formula is C21H26ClN3S. The third-order valence-electron chi connectivity index (χ3n) is 4.86. The second kappa shape index (κ2) is 8.74. The summed E-state index contributed by atoms with van der Waals surface area (Å²) in [5.41, 5.74) is 3.46. The zero-order valence-corrected chi connectivity index (χ0v) is 16.9. The van der Waals surface area contributed by atoms with Gasteiger partial charge in [-0.1, -0.05) is 30.7 Å². The first-order valence-electron chi connectivity index (χ1n) is 9.19. The summed E-state index contributed by atoms with van der Waals surface area (Å²) in [4.78, 5) is 2.49. The quantitative estimate of drug-likeness (QED) is 0.665.